The fourth-order valence-electron chi connectivity index (χ4n) is 1.98. The zero-order chi connectivity index (χ0) is 8.70. The summed E-state index contributed by atoms with van der Waals surface area (Å²) in [5, 5.41) is 0. The maximum absolute atomic E-state index is 11.7. The Hall–Kier alpha value is 0.0800. The van der Waals surface area contributed by atoms with Crippen LogP contribution in [-0.2, 0) is 0 Å². The summed E-state index contributed by atoms with van der Waals surface area (Å²) in [6.45, 7) is 8.11. The van der Waals surface area contributed by atoms with Crippen LogP contribution in [0.25, 0.3) is 0 Å². The average molecular weight is 236 g/mol. The van der Waals surface area contributed by atoms with Crippen molar-refractivity contribution in [1.29, 1.82) is 0 Å². The van der Waals surface area contributed by atoms with Gasteiger partial charge in [-0.25, -0.2) is 0 Å². The van der Waals surface area contributed by atoms with Crippen LogP contribution in [0.4, 0.5) is 0 Å². The molecule has 0 unspecified atom stereocenters. The van der Waals surface area contributed by atoms with E-state index in [1.807, 2.05) is 27.7 Å². The summed E-state index contributed by atoms with van der Waals surface area (Å²) in [5.74, 6) is 0. The van der Waals surface area contributed by atoms with E-state index in [2.05, 4.69) is 0 Å². The Bertz CT molecular complexity index is 169. The lowest BCUT2D eigenvalue weighted by molar-refractivity contribution is -0.692. The fraction of sp³-hybridized carbons (Fsp3) is 1.00. The average Bonchev–Trinajstić information content (AvgIpc) is 1.82. The molecule has 0 N–H and O–H groups in total. The Labute approximate surface area is 85.1 Å². The Morgan fingerprint density at radius 2 is 1.33 bits per heavy atom. The monoisotopic (exact) mass is 235 g/mol. The van der Waals surface area contributed by atoms with Gasteiger partial charge in [0.15, 0.2) is 0 Å². The molecule has 0 aromatic heterocycles. The molecule has 0 saturated carbocycles. The lowest BCUT2D eigenvalue weighted by atomic mass is 9.83. The molecule has 1 aliphatic rings. The molecule has 0 atom stereocenters. The molecule has 2 nitrogen and oxygen atoms in total. The van der Waals surface area contributed by atoms with Gasteiger partial charge in [-0.15, -0.1) is 0 Å². The number of rotatable bonds is 0. The highest BCUT2D eigenvalue weighted by Gasteiger charge is 2.49. The molecule has 0 spiro atoms. The SMILES string of the molecule is CC1(C)CCCC(C)(C)[N+]1=O.[Br-]. The molecule has 1 saturated heterocycles. The van der Waals surface area contributed by atoms with Gasteiger partial charge in [0.05, 0.1) is 0 Å². The molecule has 12 heavy (non-hydrogen) atoms. The highest BCUT2D eigenvalue weighted by Crippen LogP contribution is 2.33. The lowest BCUT2D eigenvalue weighted by Crippen LogP contribution is -3.00. The van der Waals surface area contributed by atoms with E-state index in [1.165, 1.54) is 11.2 Å². The second kappa shape index (κ2) is 3.44. The number of halogens is 1. The number of hydrogen-bond donors (Lipinski definition) is 0. The molecule has 1 heterocycles. The van der Waals surface area contributed by atoms with Crippen molar-refractivity contribution in [3.05, 3.63) is 4.91 Å². The Kier molecular flexibility index (Phi) is 3.47. The van der Waals surface area contributed by atoms with Gasteiger partial charge in [0.25, 0.3) is 0 Å². The summed E-state index contributed by atoms with van der Waals surface area (Å²) in [7, 11) is 0. The van der Waals surface area contributed by atoms with E-state index in [4.69, 9.17) is 0 Å². The van der Waals surface area contributed by atoms with E-state index in [0.29, 0.717) is 0 Å². The number of nitroso groups, excluding NO2 is 1. The smallest absolute Gasteiger partial charge is 0.205 e. The fourth-order valence-corrected chi connectivity index (χ4v) is 1.98. The van der Waals surface area contributed by atoms with Crippen LogP contribution in [0.1, 0.15) is 47.0 Å². The normalized spacial score (nSPS) is 26.2. The lowest BCUT2D eigenvalue weighted by Gasteiger charge is -2.31. The zero-order valence-electron chi connectivity index (χ0n) is 8.35. The molecule has 1 aliphatic heterocycles. The molecule has 0 radical (unpaired) electrons. The van der Waals surface area contributed by atoms with E-state index in [9.17, 15) is 4.91 Å². The first kappa shape index (κ1) is 12.1. The predicted octanol–water partition coefficient (Wildman–Crippen LogP) is -0.490. The molecule has 72 valence electrons. The van der Waals surface area contributed by atoms with Crippen LogP contribution in [0, 0.1) is 4.91 Å². The Balaban J connectivity index is 0.00000121. The van der Waals surface area contributed by atoms with Crippen molar-refractivity contribution >= 4 is 0 Å². The molecule has 1 rings (SSSR count). The maximum atomic E-state index is 11.7. The van der Waals surface area contributed by atoms with E-state index < -0.39 is 0 Å². The van der Waals surface area contributed by atoms with E-state index in [1.54, 1.807) is 0 Å². The molecular formula is C9H18BrNO. The van der Waals surface area contributed by atoms with Gasteiger partial charge in [0.2, 0.25) is 11.1 Å². The first-order valence-electron chi connectivity index (χ1n) is 4.34. The summed E-state index contributed by atoms with van der Waals surface area (Å²) >= 11 is 0. The summed E-state index contributed by atoms with van der Waals surface area (Å²) in [6, 6.07) is 0. The van der Waals surface area contributed by atoms with Gasteiger partial charge in [-0.2, -0.15) is 0 Å². The minimum Gasteiger partial charge on any atom is -1.00 e. The summed E-state index contributed by atoms with van der Waals surface area (Å²) in [5.41, 5.74) is -0.302. The van der Waals surface area contributed by atoms with Crippen molar-refractivity contribution in [2.45, 2.75) is 58.0 Å². The largest absolute Gasteiger partial charge is 1.00 e. The van der Waals surface area contributed by atoms with Gasteiger partial charge < -0.3 is 17.0 Å². The Morgan fingerprint density at radius 3 is 1.58 bits per heavy atom. The van der Waals surface area contributed by atoms with Gasteiger partial charge >= 0.3 is 0 Å². The van der Waals surface area contributed by atoms with Gasteiger partial charge in [0, 0.05) is 50.2 Å². The molecule has 0 amide bonds. The molecule has 0 aromatic rings. The maximum Gasteiger partial charge on any atom is 0.205 e. The van der Waals surface area contributed by atoms with Crippen molar-refractivity contribution in [2.75, 3.05) is 0 Å². The number of piperidine rings is 1. The molecule has 0 aliphatic carbocycles. The highest BCUT2D eigenvalue weighted by molar-refractivity contribution is 4.80. The van der Waals surface area contributed by atoms with Gasteiger partial charge in [0.1, 0.15) is 0 Å². The topological polar surface area (TPSA) is 20.1 Å². The van der Waals surface area contributed by atoms with Crippen LogP contribution < -0.4 is 17.0 Å². The first-order chi connectivity index (χ1) is 4.86. The van der Waals surface area contributed by atoms with Crippen molar-refractivity contribution in [3.63, 3.8) is 0 Å². The van der Waals surface area contributed by atoms with E-state index in [-0.39, 0.29) is 28.1 Å². The van der Waals surface area contributed by atoms with Gasteiger partial charge in [-0.3, -0.25) is 0 Å². The first-order valence-corrected chi connectivity index (χ1v) is 4.34. The van der Waals surface area contributed by atoms with Gasteiger partial charge in [-0.05, 0) is 6.42 Å². The van der Waals surface area contributed by atoms with E-state index in [0.717, 1.165) is 12.8 Å². The summed E-state index contributed by atoms with van der Waals surface area (Å²) < 4.78 is 1.27. The molecule has 0 aromatic carbocycles. The number of hydrogen-bond acceptors (Lipinski definition) is 1. The minimum absolute atomic E-state index is 0. The van der Waals surface area contributed by atoms with Crippen molar-refractivity contribution in [1.82, 2.24) is 0 Å². The highest BCUT2D eigenvalue weighted by atomic mass is 79.9. The quantitative estimate of drug-likeness (QED) is 0.520. The third-order valence-electron chi connectivity index (χ3n) is 2.68. The standard InChI is InChI=1S/C9H18NO.BrH/c1-8(2)6-5-7-9(3,4)10(8)11;/h5-7H2,1-4H3;1H/q+1;/p-1. The van der Waals surface area contributed by atoms with Crippen LogP contribution in [0.15, 0.2) is 0 Å². The third kappa shape index (κ3) is 2.06. The van der Waals surface area contributed by atoms with Gasteiger partial charge in [-0.1, -0.05) is 0 Å². The minimum atomic E-state index is -0.151. The molecule has 0 bridgehead atoms. The summed E-state index contributed by atoms with van der Waals surface area (Å²) in [6.07, 6.45) is 3.23. The molecular weight excluding hydrogens is 218 g/mol. The summed E-state index contributed by atoms with van der Waals surface area (Å²) in [4.78, 5) is 11.7. The zero-order valence-corrected chi connectivity index (χ0v) is 9.94. The molecule has 3 heteroatoms. The number of nitrogens with zero attached hydrogens (tertiary/aromatic N) is 1. The predicted molar refractivity (Wildman–Crippen MR) is 45.6 cm³/mol. The second-order valence-electron chi connectivity index (χ2n) is 4.77. The second-order valence-corrected chi connectivity index (χ2v) is 4.77. The van der Waals surface area contributed by atoms with Crippen LogP contribution >= 0.6 is 0 Å². The Morgan fingerprint density at radius 1 is 1.00 bits per heavy atom. The van der Waals surface area contributed by atoms with Crippen LogP contribution in [0.3, 0.4) is 0 Å². The third-order valence-corrected chi connectivity index (χ3v) is 2.68. The van der Waals surface area contributed by atoms with Crippen LogP contribution in [0.2, 0.25) is 0 Å². The van der Waals surface area contributed by atoms with Crippen molar-refractivity contribution < 1.29 is 21.7 Å². The van der Waals surface area contributed by atoms with Crippen molar-refractivity contribution in [3.8, 4) is 0 Å². The molecule has 1 fully saturated rings. The van der Waals surface area contributed by atoms with Crippen LogP contribution in [-0.4, -0.2) is 15.8 Å². The van der Waals surface area contributed by atoms with Crippen LogP contribution in [0.5, 0.6) is 0 Å². The van der Waals surface area contributed by atoms with Crippen molar-refractivity contribution in [2.24, 2.45) is 0 Å². The van der Waals surface area contributed by atoms with E-state index >= 15 is 0 Å².